The van der Waals surface area contributed by atoms with Crippen LogP contribution in [0, 0.1) is 0 Å². The Morgan fingerprint density at radius 2 is 1.92 bits per heavy atom. The Bertz CT molecular complexity index is 269. The molecule has 0 aromatic heterocycles. The van der Waals surface area contributed by atoms with Crippen LogP contribution in [0.2, 0.25) is 0 Å². The zero-order valence-corrected chi connectivity index (χ0v) is 9.74. The number of methoxy groups -OCH3 is 1. The molecule has 0 saturated carbocycles. The van der Waals surface area contributed by atoms with E-state index < -0.39 is 0 Å². The number of benzene rings is 1. The Morgan fingerprint density at radius 3 is 2.38 bits per heavy atom. The van der Waals surface area contributed by atoms with Crippen LogP contribution < -0.4 is 34.7 Å². The van der Waals surface area contributed by atoms with Crippen LogP contribution in [0.15, 0.2) is 24.3 Å². The van der Waals surface area contributed by atoms with Crippen molar-refractivity contribution in [3.05, 3.63) is 29.8 Å². The first-order chi connectivity index (χ1) is 5.72. The summed E-state index contributed by atoms with van der Waals surface area (Å²) < 4.78 is 4.47. The van der Waals surface area contributed by atoms with E-state index >= 15 is 0 Å². The molecule has 0 N–H and O–H groups in total. The molecule has 0 saturated heterocycles. The second kappa shape index (κ2) is 6.02. The maximum absolute atomic E-state index is 10.8. The molecule has 0 fully saturated rings. The largest absolute Gasteiger partial charge is 1.00 e. The summed E-state index contributed by atoms with van der Waals surface area (Å²) in [4.78, 5) is 10.8. The van der Waals surface area contributed by atoms with Gasteiger partial charge >= 0.3 is 35.5 Å². The first-order valence-corrected chi connectivity index (χ1v) is 3.55. The number of carbonyl (C=O) groups excluding carboxylic acids is 1. The molecule has 1 aromatic carbocycles. The Kier molecular flexibility index (Phi) is 5.79. The monoisotopic (exact) mass is 188 g/mol. The van der Waals surface area contributed by atoms with Gasteiger partial charge in [-0.1, -0.05) is 24.3 Å². The molecular weight excluding hydrogens is 179 g/mol. The third-order valence-corrected chi connectivity index (χ3v) is 1.50. The average Bonchev–Trinajstić information content (AvgIpc) is 2.09. The van der Waals surface area contributed by atoms with Gasteiger partial charge in [0.25, 0.3) is 0 Å². The Hall–Kier alpha value is -0.510. The van der Waals surface area contributed by atoms with Crippen molar-refractivity contribution >= 4 is 5.97 Å². The van der Waals surface area contributed by atoms with Crippen LogP contribution in [-0.4, -0.2) is 13.1 Å². The molecule has 1 rings (SSSR count). The summed E-state index contributed by atoms with van der Waals surface area (Å²) in [5.74, 6) is -0.350. The maximum atomic E-state index is 10.8. The average molecular weight is 188 g/mol. The van der Waals surface area contributed by atoms with Crippen molar-refractivity contribution in [1.82, 2.24) is 0 Å². The first kappa shape index (κ1) is 12.5. The number of carbonyl (C=O) groups is 1. The van der Waals surface area contributed by atoms with E-state index in [1.807, 2.05) is 0 Å². The molecule has 0 atom stereocenters. The molecule has 0 aliphatic heterocycles. The van der Waals surface area contributed by atoms with Gasteiger partial charge in [0.15, 0.2) is 0 Å². The molecule has 0 radical (unpaired) electrons. The molecule has 4 heteroatoms. The van der Waals surface area contributed by atoms with E-state index in [-0.39, 0.29) is 47.7 Å². The Morgan fingerprint density at radius 1 is 1.38 bits per heavy atom. The third-order valence-electron chi connectivity index (χ3n) is 1.50. The third kappa shape index (κ3) is 4.31. The summed E-state index contributed by atoms with van der Waals surface area (Å²) in [7, 11) is 1.34. The SMILES string of the molecule is COC(=O)Cc1ccc([O-])cc1.[Na+]. The van der Waals surface area contributed by atoms with Crippen LogP contribution >= 0.6 is 0 Å². The molecular formula is C9H9NaO3. The van der Waals surface area contributed by atoms with Crippen LogP contribution in [0.4, 0.5) is 0 Å². The summed E-state index contributed by atoms with van der Waals surface area (Å²) in [5, 5.41) is 10.7. The quantitative estimate of drug-likeness (QED) is 0.380. The van der Waals surface area contributed by atoms with E-state index in [0.29, 0.717) is 0 Å². The fourth-order valence-electron chi connectivity index (χ4n) is 0.846. The zero-order chi connectivity index (χ0) is 8.97. The minimum atomic E-state index is -0.298. The number of hydrogen-bond acceptors (Lipinski definition) is 3. The normalized spacial score (nSPS) is 8.69. The van der Waals surface area contributed by atoms with Gasteiger partial charge in [0.1, 0.15) is 0 Å². The van der Waals surface area contributed by atoms with Crippen LogP contribution in [0.3, 0.4) is 0 Å². The van der Waals surface area contributed by atoms with Gasteiger partial charge in [-0.2, -0.15) is 0 Å². The predicted molar refractivity (Wildman–Crippen MR) is 41.6 cm³/mol. The van der Waals surface area contributed by atoms with Crippen molar-refractivity contribution in [3.63, 3.8) is 0 Å². The summed E-state index contributed by atoms with van der Waals surface area (Å²) in [5.41, 5.74) is 0.793. The number of rotatable bonds is 2. The van der Waals surface area contributed by atoms with E-state index in [9.17, 15) is 9.90 Å². The predicted octanol–water partition coefficient (Wildman–Crippen LogP) is -2.52. The van der Waals surface area contributed by atoms with E-state index in [1.165, 1.54) is 19.2 Å². The van der Waals surface area contributed by atoms with Gasteiger partial charge in [-0.15, -0.1) is 5.75 Å². The van der Waals surface area contributed by atoms with E-state index in [0.717, 1.165) is 5.56 Å². The molecule has 13 heavy (non-hydrogen) atoms. The van der Waals surface area contributed by atoms with Crippen molar-refractivity contribution in [3.8, 4) is 5.75 Å². The zero-order valence-electron chi connectivity index (χ0n) is 7.74. The fraction of sp³-hybridized carbons (Fsp3) is 0.222. The molecule has 1 aromatic rings. The minimum absolute atomic E-state index is 0. The van der Waals surface area contributed by atoms with Gasteiger partial charge in [-0.3, -0.25) is 4.79 Å². The van der Waals surface area contributed by atoms with Crippen LogP contribution in [0.1, 0.15) is 5.56 Å². The number of esters is 1. The minimum Gasteiger partial charge on any atom is -0.872 e. The van der Waals surface area contributed by atoms with Gasteiger partial charge in [0.2, 0.25) is 0 Å². The van der Waals surface area contributed by atoms with Crippen molar-refractivity contribution in [2.24, 2.45) is 0 Å². The standard InChI is InChI=1S/C9H10O3.Na/c1-12-9(11)6-7-2-4-8(10)5-3-7;/h2-5,10H,6H2,1H3;/q;+1/p-1. The molecule has 0 bridgehead atoms. The number of hydrogen-bond donors (Lipinski definition) is 0. The molecule has 0 unspecified atom stereocenters. The molecule has 0 aliphatic rings. The molecule has 0 spiro atoms. The molecule has 0 amide bonds. The van der Waals surface area contributed by atoms with Gasteiger partial charge in [-0.25, -0.2) is 0 Å². The van der Waals surface area contributed by atoms with Crippen molar-refractivity contribution < 1.29 is 44.2 Å². The van der Waals surface area contributed by atoms with Crippen molar-refractivity contribution in [2.45, 2.75) is 6.42 Å². The van der Waals surface area contributed by atoms with Crippen molar-refractivity contribution in [1.29, 1.82) is 0 Å². The van der Waals surface area contributed by atoms with E-state index in [4.69, 9.17) is 0 Å². The van der Waals surface area contributed by atoms with Crippen molar-refractivity contribution in [2.75, 3.05) is 7.11 Å². The maximum Gasteiger partial charge on any atom is 1.00 e. The molecule has 64 valence electrons. The molecule has 0 heterocycles. The molecule has 0 aliphatic carbocycles. The fourth-order valence-corrected chi connectivity index (χ4v) is 0.846. The first-order valence-electron chi connectivity index (χ1n) is 3.55. The summed E-state index contributed by atoms with van der Waals surface area (Å²) in [6.07, 6.45) is 0.219. The Labute approximate surface area is 99.0 Å². The van der Waals surface area contributed by atoms with Gasteiger partial charge in [0.05, 0.1) is 13.5 Å². The van der Waals surface area contributed by atoms with Gasteiger partial charge in [-0.05, 0) is 5.56 Å². The second-order valence-corrected chi connectivity index (χ2v) is 2.40. The topological polar surface area (TPSA) is 49.4 Å². The van der Waals surface area contributed by atoms with Crippen LogP contribution in [-0.2, 0) is 16.0 Å². The number of ether oxygens (including phenoxy) is 1. The van der Waals surface area contributed by atoms with E-state index in [2.05, 4.69) is 4.74 Å². The molecule has 3 nitrogen and oxygen atoms in total. The van der Waals surface area contributed by atoms with E-state index in [1.54, 1.807) is 12.1 Å². The smallest absolute Gasteiger partial charge is 0.872 e. The summed E-state index contributed by atoms with van der Waals surface area (Å²) in [6, 6.07) is 6.11. The van der Waals surface area contributed by atoms with Gasteiger partial charge in [0, 0.05) is 0 Å². The second-order valence-electron chi connectivity index (χ2n) is 2.40. The van der Waals surface area contributed by atoms with Gasteiger partial charge < -0.3 is 9.84 Å². The summed E-state index contributed by atoms with van der Waals surface area (Å²) >= 11 is 0. The Balaban J connectivity index is 0.00000144. The van der Waals surface area contributed by atoms with Crippen LogP contribution in [0.25, 0.3) is 0 Å². The summed E-state index contributed by atoms with van der Waals surface area (Å²) in [6.45, 7) is 0. The van der Waals surface area contributed by atoms with Crippen LogP contribution in [0.5, 0.6) is 5.75 Å².